The Kier molecular flexibility index (Phi) is 3.76. The molecule has 80 valence electrons. The van der Waals surface area contributed by atoms with E-state index in [1.54, 1.807) is 11.3 Å². The number of thiophene rings is 1. The Morgan fingerprint density at radius 3 is 2.73 bits per heavy atom. The third-order valence-corrected chi connectivity index (χ3v) is 4.88. The van der Waals surface area contributed by atoms with Crippen LogP contribution >= 0.6 is 54.5 Å². The van der Waals surface area contributed by atoms with Crippen molar-refractivity contribution < 1.29 is 0 Å². The van der Waals surface area contributed by atoms with Gasteiger partial charge in [0.05, 0.1) is 6.54 Å². The maximum Gasteiger partial charge on any atom is 0.209 e. The van der Waals surface area contributed by atoms with Crippen molar-refractivity contribution in [2.45, 2.75) is 6.54 Å². The van der Waals surface area contributed by atoms with Gasteiger partial charge in [-0.1, -0.05) is 11.3 Å². The molecule has 2 aromatic rings. The zero-order valence-electron chi connectivity index (χ0n) is 7.78. The van der Waals surface area contributed by atoms with Gasteiger partial charge >= 0.3 is 0 Å². The van der Waals surface area contributed by atoms with Crippen LogP contribution < -0.4 is 4.90 Å². The number of aromatic nitrogens is 2. The third-order valence-electron chi connectivity index (χ3n) is 1.73. The Labute approximate surface area is 112 Å². The second-order valence-electron chi connectivity index (χ2n) is 2.92. The summed E-state index contributed by atoms with van der Waals surface area (Å²) in [4.78, 5) is 3.39. The summed E-state index contributed by atoms with van der Waals surface area (Å²) >= 11 is 10.0. The van der Waals surface area contributed by atoms with Crippen LogP contribution in [0.4, 0.5) is 5.13 Å². The van der Waals surface area contributed by atoms with E-state index < -0.39 is 0 Å². The minimum Gasteiger partial charge on any atom is -0.345 e. The van der Waals surface area contributed by atoms with Gasteiger partial charge in [0.2, 0.25) is 5.13 Å². The van der Waals surface area contributed by atoms with Crippen LogP contribution in [0.15, 0.2) is 19.8 Å². The standard InChI is InChI=1S/C8H7Br2N3S2/c1-13(8-12-11-7(10)15-8)3-6-2-5(9)4-14-6/h2,4H,3H2,1H3. The molecule has 0 aliphatic rings. The van der Waals surface area contributed by atoms with E-state index in [2.05, 4.69) is 58.4 Å². The van der Waals surface area contributed by atoms with Gasteiger partial charge in [-0.25, -0.2) is 0 Å². The van der Waals surface area contributed by atoms with Crippen molar-refractivity contribution in [2.24, 2.45) is 0 Å². The molecule has 0 atom stereocenters. The zero-order valence-corrected chi connectivity index (χ0v) is 12.6. The average molecular weight is 369 g/mol. The molecular formula is C8H7Br2N3S2. The fourth-order valence-corrected chi connectivity index (χ4v) is 3.64. The van der Waals surface area contributed by atoms with Gasteiger partial charge in [0.1, 0.15) is 0 Å². The van der Waals surface area contributed by atoms with Crippen LogP contribution in [0.25, 0.3) is 0 Å². The molecule has 0 bridgehead atoms. The van der Waals surface area contributed by atoms with Gasteiger partial charge in [-0.15, -0.1) is 21.5 Å². The summed E-state index contributed by atoms with van der Waals surface area (Å²) < 4.78 is 1.95. The Morgan fingerprint density at radius 2 is 2.20 bits per heavy atom. The highest BCUT2D eigenvalue weighted by atomic mass is 79.9. The number of rotatable bonds is 3. The summed E-state index contributed by atoms with van der Waals surface area (Å²) in [6.45, 7) is 0.859. The maximum atomic E-state index is 4.06. The predicted molar refractivity (Wildman–Crippen MR) is 71.7 cm³/mol. The normalized spacial score (nSPS) is 10.6. The maximum absolute atomic E-state index is 4.06. The van der Waals surface area contributed by atoms with E-state index in [0.29, 0.717) is 0 Å². The first-order valence-corrected chi connectivity index (χ1v) is 7.36. The summed E-state index contributed by atoms with van der Waals surface area (Å²) in [5.41, 5.74) is 0. The minimum absolute atomic E-state index is 0.816. The molecule has 0 amide bonds. The topological polar surface area (TPSA) is 29.0 Å². The molecule has 0 N–H and O–H groups in total. The van der Waals surface area contributed by atoms with E-state index in [-0.39, 0.29) is 0 Å². The Bertz CT molecular complexity index is 454. The van der Waals surface area contributed by atoms with Crippen molar-refractivity contribution in [3.63, 3.8) is 0 Å². The van der Waals surface area contributed by atoms with Crippen molar-refractivity contribution >= 4 is 59.7 Å². The molecule has 0 unspecified atom stereocenters. The molecule has 3 nitrogen and oxygen atoms in total. The van der Waals surface area contributed by atoms with E-state index in [1.165, 1.54) is 16.2 Å². The van der Waals surface area contributed by atoms with Crippen LogP contribution in [0.2, 0.25) is 0 Å². The van der Waals surface area contributed by atoms with Crippen LogP contribution in [-0.4, -0.2) is 17.2 Å². The van der Waals surface area contributed by atoms with Crippen molar-refractivity contribution in [3.05, 3.63) is 24.7 Å². The smallest absolute Gasteiger partial charge is 0.209 e. The molecule has 0 aromatic carbocycles. The SMILES string of the molecule is CN(Cc1cc(Br)cs1)c1nnc(Br)s1. The first-order valence-electron chi connectivity index (χ1n) is 4.08. The fraction of sp³-hybridized carbons (Fsp3) is 0.250. The molecule has 15 heavy (non-hydrogen) atoms. The molecule has 0 saturated carbocycles. The van der Waals surface area contributed by atoms with E-state index in [4.69, 9.17) is 0 Å². The van der Waals surface area contributed by atoms with Gasteiger partial charge < -0.3 is 4.90 Å². The Morgan fingerprint density at radius 1 is 1.40 bits per heavy atom. The first-order chi connectivity index (χ1) is 7.15. The van der Waals surface area contributed by atoms with Crippen LogP contribution in [-0.2, 0) is 6.54 Å². The van der Waals surface area contributed by atoms with Crippen molar-refractivity contribution in [1.29, 1.82) is 0 Å². The van der Waals surface area contributed by atoms with Gasteiger partial charge in [0.15, 0.2) is 3.92 Å². The quantitative estimate of drug-likeness (QED) is 0.825. The molecule has 0 aliphatic carbocycles. The lowest BCUT2D eigenvalue weighted by Gasteiger charge is -2.12. The summed E-state index contributed by atoms with van der Waals surface area (Å²) in [6.07, 6.45) is 0. The molecule has 0 aliphatic heterocycles. The fourth-order valence-electron chi connectivity index (χ4n) is 1.09. The van der Waals surface area contributed by atoms with Gasteiger partial charge in [-0.05, 0) is 37.9 Å². The zero-order chi connectivity index (χ0) is 10.8. The summed E-state index contributed by atoms with van der Waals surface area (Å²) in [7, 11) is 2.01. The van der Waals surface area contributed by atoms with Crippen molar-refractivity contribution in [1.82, 2.24) is 10.2 Å². The van der Waals surface area contributed by atoms with E-state index in [9.17, 15) is 0 Å². The van der Waals surface area contributed by atoms with Gasteiger partial charge in [0.25, 0.3) is 0 Å². The number of nitrogens with zero attached hydrogens (tertiary/aromatic N) is 3. The molecule has 2 rings (SSSR count). The molecule has 7 heteroatoms. The minimum atomic E-state index is 0.816. The van der Waals surface area contributed by atoms with Crippen molar-refractivity contribution in [3.8, 4) is 0 Å². The van der Waals surface area contributed by atoms with Crippen LogP contribution in [0.5, 0.6) is 0 Å². The highest BCUT2D eigenvalue weighted by molar-refractivity contribution is 9.11. The summed E-state index contributed by atoms with van der Waals surface area (Å²) in [5, 5.41) is 11.0. The van der Waals surface area contributed by atoms with E-state index in [0.717, 1.165) is 20.1 Å². The second-order valence-corrected chi connectivity index (χ2v) is 7.07. The predicted octanol–water partition coefficient (Wildman–Crippen LogP) is 3.76. The summed E-state index contributed by atoms with van der Waals surface area (Å²) in [6, 6.07) is 2.12. The lowest BCUT2D eigenvalue weighted by atomic mass is 10.4. The Hall–Kier alpha value is 0.0200. The Balaban J connectivity index is 2.06. The molecule has 0 saturated heterocycles. The van der Waals surface area contributed by atoms with Gasteiger partial charge in [0, 0.05) is 21.8 Å². The van der Waals surface area contributed by atoms with Crippen LogP contribution in [0.3, 0.4) is 0 Å². The second kappa shape index (κ2) is 4.90. The summed E-state index contributed by atoms with van der Waals surface area (Å²) in [5.74, 6) is 0. The third kappa shape index (κ3) is 2.99. The van der Waals surface area contributed by atoms with E-state index >= 15 is 0 Å². The highest BCUT2D eigenvalue weighted by Crippen LogP contribution is 2.26. The number of halogens is 2. The lowest BCUT2D eigenvalue weighted by molar-refractivity contribution is 0.904. The number of hydrogen-bond acceptors (Lipinski definition) is 5. The average Bonchev–Trinajstić information content (AvgIpc) is 2.75. The molecule has 0 fully saturated rings. The monoisotopic (exact) mass is 367 g/mol. The largest absolute Gasteiger partial charge is 0.345 e. The first kappa shape index (κ1) is 11.5. The number of hydrogen-bond donors (Lipinski definition) is 0. The molecule has 0 radical (unpaired) electrons. The van der Waals surface area contributed by atoms with Crippen molar-refractivity contribution in [2.75, 3.05) is 11.9 Å². The van der Waals surface area contributed by atoms with Crippen LogP contribution in [0.1, 0.15) is 4.88 Å². The van der Waals surface area contributed by atoms with E-state index in [1.807, 2.05) is 7.05 Å². The molecule has 2 aromatic heterocycles. The van der Waals surface area contributed by atoms with Gasteiger partial charge in [-0.3, -0.25) is 0 Å². The molecule has 2 heterocycles. The highest BCUT2D eigenvalue weighted by Gasteiger charge is 2.08. The van der Waals surface area contributed by atoms with Crippen LogP contribution in [0, 0.1) is 0 Å². The molecule has 0 spiro atoms. The molecular weight excluding hydrogens is 362 g/mol. The van der Waals surface area contributed by atoms with Gasteiger partial charge in [-0.2, -0.15) is 0 Å². The number of anilines is 1. The lowest BCUT2D eigenvalue weighted by Crippen LogP contribution is -2.15.